The van der Waals surface area contributed by atoms with Gasteiger partial charge in [-0.2, -0.15) is 0 Å². The Balaban J connectivity index is 2.34. The first kappa shape index (κ1) is 14.5. The molecule has 0 radical (unpaired) electrons. The number of nitrogens with zero attached hydrogens (tertiary/aromatic N) is 3. The van der Waals surface area contributed by atoms with Crippen LogP contribution in [-0.2, 0) is 7.05 Å². The van der Waals surface area contributed by atoms with Crippen LogP contribution in [0, 0.1) is 17.0 Å². The highest BCUT2D eigenvalue weighted by Gasteiger charge is 2.09. The van der Waals surface area contributed by atoms with Crippen LogP contribution in [0.5, 0.6) is 11.5 Å². The summed E-state index contributed by atoms with van der Waals surface area (Å²) in [7, 11) is 1.86. The Morgan fingerprint density at radius 1 is 1.38 bits per heavy atom. The number of aromatic nitrogens is 1. The van der Waals surface area contributed by atoms with Crippen LogP contribution in [0.2, 0.25) is 0 Å². The molecule has 1 aromatic heterocycles. The molecule has 108 valence electrons. The number of nitro groups is 1. The molecule has 0 atom stereocenters. The van der Waals surface area contributed by atoms with Crippen LogP contribution < -0.4 is 10.2 Å². The minimum absolute atomic E-state index is 0.0432. The SMILES string of the molecule is C=CN=c1cc(Oc2ccc([N+](=O)[O-])cc2C)ccn1C. The summed E-state index contributed by atoms with van der Waals surface area (Å²) in [5, 5.41) is 10.7. The molecule has 6 heteroatoms. The second-order valence-corrected chi connectivity index (χ2v) is 4.45. The fourth-order valence-electron chi connectivity index (χ4n) is 1.81. The van der Waals surface area contributed by atoms with E-state index in [2.05, 4.69) is 11.6 Å². The summed E-state index contributed by atoms with van der Waals surface area (Å²) in [4.78, 5) is 14.4. The summed E-state index contributed by atoms with van der Waals surface area (Å²) in [5.41, 5.74) is 1.43. The quantitative estimate of drug-likeness (QED) is 0.640. The molecule has 0 saturated carbocycles. The van der Waals surface area contributed by atoms with Crippen molar-refractivity contribution >= 4 is 5.69 Å². The van der Waals surface area contributed by atoms with Crippen LogP contribution in [0.4, 0.5) is 5.69 Å². The Bertz CT molecular complexity index is 763. The van der Waals surface area contributed by atoms with E-state index in [1.54, 1.807) is 25.1 Å². The first-order chi connectivity index (χ1) is 10.0. The van der Waals surface area contributed by atoms with E-state index in [0.29, 0.717) is 22.6 Å². The first-order valence-corrected chi connectivity index (χ1v) is 6.25. The van der Waals surface area contributed by atoms with Gasteiger partial charge >= 0.3 is 0 Å². The minimum atomic E-state index is -0.430. The van der Waals surface area contributed by atoms with Gasteiger partial charge in [-0.25, -0.2) is 4.99 Å². The normalized spacial score (nSPS) is 11.2. The van der Waals surface area contributed by atoms with Gasteiger partial charge in [-0.15, -0.1) is 0 Å². The summed E-state index contributed by atoms with van der Waals surface area (Å²) in [5.74, 6) is 1.17. The van der Waals surface area contributed by atoms with E-state index in [1.807, 2.05) is 17.8 Å². The molecule has 0 bridgehead atoms. The van der Waals surface area contributed by atoms with Crippen LogP contribution in [0.25, 0.3) is 0 Å². The number of rotatable bonds is 4. The van der Waals surface area contributed by atoms with E-state index in [4.69, 9.17) is 4.74 Å². The van der Waals surface area contributed by atoms with Gasteiger partial charge in [-0.1, -0.05) is 6.58 Å². The Hall–Kier alpha value is -2.89. The standard InChI is InChI=1S/C15H15N3O3/c1-4-16-15-10-13(7-8-17(15)3)21-14-6-5-12(18(19)20)9-11(14)2/h4-10H,1H2,2-3H3. The van der Waals surface area contributed by atoms with Crippen molar-refractivity contribution in [1.29, 1.82) is 0 Å². The lowest BCUT2D eigenvalue weighted by atomic mass is 10.2. The topological polar surface area (TPSA) is 69.7 Å². The summed E-state index contributed by atoms with van der Waals surface area (Å²) in [6.45, 7) is 5.33. The van der Waals surface area contributed by atoms with Gasteiger partial charge in [0.1, 0.15) is 17.0 Å². The molecule has 1 heterocycles. The third kappa shape index (κ3) is 3.36. The monoisotopic (exact) mass is 285 g/mol. The van der Waals surface area contributed by atoms with Crippen molar-refractivity contribution in [3.8, 4) is 11.5 Å². The van der Waals surface area contributed by atoms with Crippen molar-refractivity contribution in [3.63, 3.8) is 0 Å². The molecule has 0 fully saturated rings. The van der Waals surface area contributed by atoms with Crippen LogP contribution in [0.3, 0.4) is 0 Å². The van der Waals surface area contributed by atoms with Crippen molar-refractivity contribution < 1.29 is 9.66 Å². The van der Waals surface area contributed by atoms with E-state index in [0.717, 1.165) is 0 Å². The van der Waals surface area contributed by atoms with Crippen molar-refractivity contribution in [2.45, 2.75) is 6.92 Å². The third-order valence-corrected chi connectivity index (χ3v) is 2.92. The molecular formula is C15H15N3O3. The molecule has 0 amide bonds. The average molecular weight is 285 g/mol. The molecule has 0 aliphatic heterocycles. The molecule has 6 nitrogen and oxygen atoms in total. The third-order valence-electron chi connectivity index (χ3n) is 2.92. The van der Waals surface area contributed by atoms with Crippen molar-refractivity contribution in [1.82, 2.24) is 4.57 Å². The van der Waals surface area contributed by atoms with E-state index in [-0.39, 0.29) is 5.69 Å². The summed E-state index contributed by atoms with van der Waals surface area (Å²) >= 11 is 0. The molecule has 0 aliphatic carbocycles. The lowest BCUT2D eigenvalue weighted by molar-refractivity contribution is -0.384. The van der Waals surface area contributed by atoms with Gasteiger partial charge in [0.2, 0.25) is 0 Å². The van der Waals surface area contributed by atoms with Gasteiger partial charge in [-0.3, -0.25) is 10.1 Å². The molecule has 0 spiro atoms. The molecule has 2 rings (SSSR count). The maximum Gasteiger partial charge on any atom is 0.269 e. The first-order valence-electron chi connectivity index (χ1n) is 6.25. The zero-order chi connectivity index (χ0) is 15.4. The Kier molecular flexibility index (Phi) is 4.18. The van der Waals surface area contributed by atoms with Crippen LogP contribution in [-0.4, -0.2) is 9.49 Å². The van der Waals surface area contributed by atoms with Crippen LogP contribution >= 0.6 is 0 Å². The van der Waals surface area contributed by atoms with E-state index in [1.165, 1.54) is 18.3 Å². The van der Waals surface area contributed by atoms with Crippen LogP contribution in [0.1, 0.15) is 5.56 Å². The highest BCUT2D eigenvalue weighted by Crippen LogP contribution is 2.27. The Labute approximate surface area is 121 Å². The van der Waals surface area contributed by atoms with Gasteiger partial charge in [-0.05, 0) is 24.6 Å². The fraction of sp³-hybridized carbons (Fsp3) is 0.133. The average Bonchev–Trinajstić information content (AvgIpc) is 2.44. The van der Waals surface area contributed by atoms with Gasteiger partial charge in [0, 0.05) is 37.6 Å². The largest absolute Gasteiger partial charge is 0.457 e. The molecule has 0 saturated heterocycles. The fourth-order valence-corrected chi connectivity index (χ4v) is 1.81. The Morgan fingerprint density at radius 2 is 2.14 bits per heavy atom. The minimum Gasteiger partial charge on any atom is -0.457 e. The smallest absolute Gasteiger partial charge is 0.269 e. The number of aryl methyl sites for hydroxylation is 2. The van der Waals surface area contributed by atoms with Crippen LogP contribution in [0.15, 0.2) is 54.3 Å². The van der Waals surface area contributed by atoms with E-state index in [9.17, 15) is 10.1 Å². The molecule has 21 heavy (non-hydrogen) atoms. The number of hydrogen-bond donors (Lipinski definition) is 0. The number of non-ortho nitro benzene ring substituents is 1. The zero-order valence-electron chi connectivity index (χ0n) is 11.8. The molecule has 2 aromatic rings. The maximum absolute atomic E-state index is 10.7. The lowest BCUT2D eigenvalue weighted by Crippen LogP contribution is -2.15. The van der Waals surface area contributed by atoms with Gasteiger partial charge in [0.25, 0.3) is 5.69 Å². The Morgan fingerprint density at radius 3 is 2.76 bits per heavy atom. The van der Waals surface area contributed by atoms with E-state index >= 15 is 0 Å². The molecular weight excluding hydrogens is 270 g/mol. The van der Waals surface area contributed by atoms with Gasteiger partial charge < -0.3 is 9.30 Å². The number of benzene rings is 1. The second kappa shape index (κ2) is 6.04. The number of ether oxygens (including phenoxy) is 1. The summed E-state index contributed by atoms with van der Waals surface area (Å²) in [6.07, 6.45) is 3.27. The van der Waals surface area contributed by atoms with Gasteiger partial charge in [0.15, 0.2) is 0 Å². The lowest BCUT2D eigenvalue weighted by Gasteiger charge is -2.09. The number of hydrogen-bond acceptors (Lipinski definition) is 4. The summed E-state index contributed by atoms with van der Waals surface area (Å²) < 4.78 is 7.59. The highest BCUT2D eigenvalue weighted by atomic mass is 16.6. The molecule has 0 unspecified atom stereocenters. The number of nitro benzene ring substituents is 1. The van der Waals surface area contributed by atoms with Crippen molar-refractivity contribution in [2.75, 3.05) is 0 Å². The summed E-state index contributed by atoms with van der Waals surface area (Å²) in [6, 6.07) is 8.05. The molecule has 1 aromatic carbocycles. The zero-order valence-corrected chi connectivity index (χ0v) is 11.8. The number of pyridine rings is 1. The van der Waals surface area contributed by atoms with E-state index < -0.39 is 4.92 Å². The molecule has 0 N–H and O–H groups in total. The predicted molar refractivity (Wildman–Crippen MR) is 79.1 cm³/mol. The second-order valence-electron chi connectivity index (χ2n) is 4.45. The predicted octanol–water partition coefficient (Wildman–Crippen LogP) is 3.08. The maximum atomic E-state index is 10.7. The van der Waals surface area contributed by atoms with Gasteiger partial charge in [0.05, 0.1) is 4.92 Å². The highest BCUT2D eigenvalue weighted by molar-refractivity contribution is 5.44. The molecule has 0 aliphatic rings. The van der Waals surface area contributed by atoms with Crippen molar-refractivity contribution in [3.05, 3.63) is 70.5 Å². The van der Waals surface area contributed by atoms with Crippen molar-refractivity contribution in [2.24, 2.45) is 12.0 Å².